The average Bonchev–Trinajstić information content (AvgIpc) is 2.98. The van der Waals surface area contributed by atoms with Crippen LogP contribution in [-0.2, 0) is 4.79 Å². The van der Waals surface area contributed by atoms with E-state index in [4.69, 9.17) is 21.7 Å². The monoisotopic (exact) mass is 394 g/mol. The van der Waals surface area contributed by atoms with E-state index in [-0.39, 0.29) is 5.91 Å². The molecule has 142 valence electrons. The molecular formula is C19H26N2O3S2. The number of anilines is 1. The van der Waals surface area contributed by atoms with Crippen LogP contribution in [0.1, 0.15) is 46.0 Å². The van der Waals surface area contributed by atoms with E-state index in [2.05, 4.69) is 24.1 Å². The normalized spacial score (nSPS) is 17.2. The molecule has 2 aliphatic rings. The molecule has 1 aliphatic heterocycles. The Hall–Kier alpha value is -1.47. The number of ether oxygens (including phenoxy) is 2. The molecule has 5 nitrogen and oxygen atoms in total. The predicted molar refractivity (Wildman–Crippen MR) is 110 cm³/mol. The van der Waals surface area contributed by atoms with Crippen LogP contribution in [0.15, 0.2) is 18.2 Å². The van der Waals surface area contributed by atoms with Gasteiger partial charge in [-0.15, -0.1) is 0 Å². The second kappa shape index (κ2) is 8.48. The molecule has 1 saturated carbocycles. The number of hydrogen-bond acceptors (Lipinski definition) is 5. The van der Waals surface area contributed by atoms with Gasteiger partial charge in [-0.2, -0.15) is 0 Å². The van der Waals surface area contributed by atoms with Crippen molar-refractivity contribution in [3.05, 3.63) is 18.2 Å². The van der Waals surface area contributed by atoms with Crippen LogP contribution >= 0.6 is 24.0 Å². The Balaban J connectivity index is 1.54. The van der Waals surface area contributed by atoms with Crippen molar-refractivity contribution in [3.8, 4) is 11.5 Å². The largest absolute Gasteiger partial charge is 0.448 e. The molecule has 0 atom stereocenters. The van der Waals surface area contributed by atoms with Crippen LogP contribution in [0, 0.1) is 0 Å². The van der Waals surface area contributed by atoms with Crippen LogP contribution < -0.4 is 14.8 Å². The van der Waals surface area contributed by atoms with Gasteiger partial charge in [0.25, 0.3) is 5.79 Å². The van der Waals surface area contributed by atoms with Gasteiger partial charge >= 0.3 is 0 Å². The lowest BCUT2D eigenvalue weighted by molar-refractivity contribution is -0.113. The zero-order valence-electron chi connectivity index (χ0n) is 15.4. The number of hydrogen-bond donors (Lipinski definition) is 1. The molecule has 1 heterocycles. The van der Waals surface area contributed by atoms with Crippen molar-refractivity contribution in [2.45, 2.75) is 51.7 Å². The van der Waals surface area contributed by atoms with Crippen LogP contribution in [0.2, 0.25) is 0 Å². The maximum atomic E-state index is 12.2. The zero-order chi connectivity index (χ0) is 18.6. The molecular weight excluding hydrogens is 368 g/mol. The van der Waals surface area contributed by atoms with Crippen molar-refractivity contribution < 1.29 is 14.3 Å². The lowest BCUT2D eigenvalue weighted by Gasteiger charge is -2.31. The number of fused-ring (bicyclic) bond motifs is 1. The van der Waals surface area contributed by atoms with E-state index in [1.807, 2.05) is 18.2 Å². The highest BCUT2D eigenvalue weighted by Crippen LogP contribution is 2.46. The Morgan fingerprint density at radius 2 is 1.88 bits per heavy atom. The minimum atomic E-state index is -0.491. The fraction of sp³-hybridized carbons (Fsp3) is 0.579. The molecule has 0 saturated heterocycles. The van der Waals surface area contributed by atoms with Crippen molar-refractivity contribution >= 4 is 39.9 Å². The van der Waals surface area contributed by atoms with E-state index >= 15 is 0 Å². The summed E-state index contributed by atoms with van der Waals surface area (Å²) in [5.74, 6) is 1.22. The Bertz CT molecular complexity index is 671. The van der Waals surface area contributed by atoms with E-state index in [0.29, 0.717) is 5.75 Å². The summed E-state index contributed by atoms with van der Waals surface area (Å²) < 4.78 is 12.9. The second-order valence-electron chi connectivity index (χ2n) is 6.61. The Morgan fingerprint density at radius 1 is 1.19 bits per heavy atom. The van der Waals surface area contributed by atoms with Crippen LogP contribution in [0.4, 0.5) is 5.69 Å². The summed E-state index contributed by atoms with van der Waals surface area (Å²) in [5.41, 5.74) is 0.722. The molecule has 1 aliphatic carbocycles. The number of carbonyl (C=O) groups excluding carboxylic acids is 1. The number of nitrogens with one attached hydrogen (secondary N) is 1. The number of amides is 1. The van der Waals surface area contributed by atoms with Crippen molar-refractivity contribution in [2.24, 2.45) is 0 Å². The van der Waals surface area contributed by atoms with Gasteiger partial charge in [0.1, 0.15) is 4.32 Å². The maximum Gasteiger partial charge on any atom is 0.251 e. The van der Waals surface area contributed by atoms with Gasteiger partial charge in [0, 0.05) is 37.7 Å². The zero-order valence-corrected chi connectivity index (χ0v) is 17.0. The van der Waals surface area contributed by atoms with Crippen molar-refractivity contribution in [3.63, 3.8) is 0 Å². The highest BCUT2D eigenvalue weighted by Gasteiger charge is 2.42. The summed E-state index contributed by atoms with van der Waals surface area (Å²) in [4.78, 5) is 14.3. The lowest BCUT2D eigenvalue weighted by Crippen LogP contribution is -2.40. The molecule has 26 heavy (non-hydrogen) atoms. The molecule has 3 rings (SSSR count). The van der Waals surface area contributed by atoms with Gasteiger partial charge in [-0.05, 0) is 38.8 Å². The number of nitrogens with zero attached hydrogens (tertiary/aromatic N) is 1. The number of benzene rings is 1. The lowest BCUT2D eigenvalue weighted by atomic mass is 9.94. The van der Waals surface area contributed by atoms with Crippen LogP contribution in [0.5, 0.6) is 11.5 Å². The summed E-state index contributed by atoms with van der Waals surface area (Å²) >= 11 is 6.76. The number of thioether (sulfide) groups is 1. The standard InChI is InChI=1S/C19H26N2O3S2/c1-3-21(4-2)18(25)26-13-17(22)20-14-8-9-15-16(12-14)24-19(23-15)10-6-5-7-11-19/h8-9,12H,3-7,10-11,13H2,1-2H3,(H,20,22). The third kappa shape index (κ3) is 4.43. The summed E-state index contributed by atoms with van der Waals surface area (Å²) in [6.45, 7) is 5.83. The molecule has 1 spiro atoms. The van der Waals surface area contributed by atoms with Gasteiger partial charge in [-0.3, -0.25) is 4.79 Å². The first kappa shape index (κ1) is 19.3. The highest BCUT2D eigenvalue weighted by atomic mass is 32.2. The molecule has 0 radical (unpaired) electrons. The third-order valence-corrected chi connectivity index (χ3v) is 6.31. The summed E-state index contributed by atoms with van der Waals surface area (Å²) in [5, 5.41) is 2.92. The molecule has 0 bridgehead atoms. The fourth-order valence-corrected chi connectivity index (χ4v) is 4.57. The molecule has 1 aromatic carbocycles. The van der Waals surface area contributed by atoms with Crippen molar-refractivity contribution in [2.75, 3.05) is 24.2 Å². The number of thiocarbonyl (C=S) groups is 1. The Morgan fingerprint density at radius 3 is 2.58 bits per heavy atom. The number of carbonyl (C=O) groups is 1. The summed E-state index contributed by atoms with van der Waals surface area (Å²) in [6.07, 6.45) is 5.33. The van der Waals surface area contributed by atoms with Gasteiger partial charge in [0.15, 0.2) is 11.5 Å². The van der Waals surface area contributed by atoms with E-state index in [1.165, 1.54) is 18.2 Å². The second-order valence-corrected chi connectivity index (χ2v) is 8.22. The van der Waals surface area contributed by atoms with E-state index in [9.17, 15) is 4.79 Å². The molecule has 0 aromatic heterocycles. The summed E-state index contributed by atoms with van der Waals surface area (Å²) in [6, 6.07) is 5.58. The highest BCUT2D eigenvalue weighted by molar-refractivity contribution is 8.23. The van der Waals surface area contributed by atoms with E-state index in [1.54, 1.807) is 0 Å². The van der Waals surface area contributed by atoms with Gasteiger partial charge in [-0.25, -0.2) is 0 Å². The molecule has 0 unspecified atom stereocenters. The predicted octanol–water partition coefficient (Wildman–Crippen LogP) is 4.42. The van der Waals surface area contributed by atoms with Crippen LogP contribution in [0.25, 0.3) is 0 Å². The quantitative estimate of drug-likeness (QED) is 0.746. The van der Waals surface area contributed by atoms with Gasteiger partial charge in [0.2, 0.25) is 5.91 Å². The number of rotatable bonds is 5. The first-order valence-electron chi connectivity index (χ1n) is 9.29. The minimum Gasteiger partial charge on any atom is -0.448 e. The van der Waals surface area contributed by atoms with Gasteiger partial charge < -0.3 is 19.7 Å². The van der Waals surface area contributed by atoms with Crippen LogP contribution in [-0.4, -0.2) is 39.8 Å². The van der Waals surface area contributed by atoms with Crippen molar-refractivity contribution in [1.82, 2.24) is 4.90 Å². The maximum absolute atomic E-state index is 12.2. The fourth-order valence-electron chi connectivity index (χ4n) is 3.36. The van der Waals surface area contributed by atoms with Gasteiger partial charge in [-0.1, -0.05) is 30.4 Å². The molecule has 1 amide bonds. The Labute approximate surface area is 164 Å². The van der Waals surface area contributed by atoms with Crippen LogP contribution in [0.3, 0.4) is 0 Å². The van der Waals surface area contributed by atoms with E-state index in [0.717, 1.165) is 60.3 Å². The van der Waals surface area contributed by atoms with Gasteiger partial charge in [0.05, 0.1) is 5.75 Å². The average molecular weight is 395 g/mol. The molecule has 1 aromatic rings. The van der Waals surface area contributed by atoms with Crippen molar-refractivity contribution in [1.29, 1.82) is 0 Å². The minimum absolute atomic E-state index is 0.0734. The Kier molecular flexibility index (Phi) is 6.29. The molecule has 1 fully saturated rings. The van der Waals surface area contributed by atoms with E-state index < -0.39 is 5.79 Å². The molecule has 7 heteroatoms. The third-order valence-electron chi connectivity index (χ3n) is 4.78. The smallest absolute Gasteiger partial charge is 0.251 e. The first-order valence-corrected chi connectivity index (χ1v) is 10.7. The first-order chi connectivity index (χ1) is 12.5. The topological polar surface area (TPSA) is 50.8 Å². The SMILES string of the molecule is CCN(CC)C(=S)SCC(=O)Nc1ccc2c(c1)OC1(CCCCC1)O2. The molecule has 1 N–H and O–H groups in total. The summed E-state index contributed by atoms with van der Waals surface area (Å²) in [7, 11) is 0.